The van der Waals surface area contributed by atoms with Crippen molar-refractivity contribution in [2.24, 2.45) is 0 Å². The van der Waals surface area contributed by atoms with Crippen LogP contribution in [0.2, 0.25) is 0 Å². The lowest BCUT2D eigenvalue weighted by atomic mass is 10.0. The van der Waals surface area contributed by atoms with Crippen LogP contribution in [0.4, 0.5) is 20.7 Å². The summed E-state index contributed by atoms with van der Waals surface area (Å²) in [5.41, 5.74) is 0.948. The highest BCUT2D eigenvalue weighted by molar-refractivity contribution is 5.99. The third-order valence-electron chi connectivity index (χ3n) is 4.92. The Balaban J connectivity index is 1.36. The number of carbonyl (C=O) groups excluding carboxylic acids is 2. The number of aromatic nitrogens is 3. The highest BCUT2D eigenvalue weighted by atomic mass is 19.1. The zero-order valence-corrected chi connectivity index (χ0v) is 15.6. The molecule has 0 atom stereocenters. The molecule has 0 unspecified atom stereocenters. The molecule has 3 N–H and O–H groups in total. The van der Waals surface area contributed by atoms with Gasteiger partial charge in [-0.2, -0.15) is 5.10 Å². The Hall–Kier alpha value is -3.62. The van der Waals surface area contributed by atoms with E-state index in [1.807, 2.05) is 4.90 Å². The van der Waals surface area contributed by atoms with Gasteiger partial charge in [0.1, 0.15) is 17.3 Å². The van der Waals surface area contributed by atoms with Crippen LogP contribution < -0.4 is 10.6 Å². The molecule has 1 fully saturated rings. The average molecular weight is 396 g/mol. The maximum atomic E-state index is 13.3. The molecule has 150 valence electrons. The molecule has 3 amide bonds. The molecule has 0 radical (unpaired) electrons. The standard InChI is InChI=1S/C20H21FN6O2/c21-14-3-1-4-15(13-14)24-20(29)25-18-6-10-23-27(18)16-7-11-26(12-8-16)19(28)17-5-2-9-22-17/h1-6,9-10,13,16,22H,7-8,11-12H2,(H2,24,25,29). The molecule has 9 heteroatoms. The van der Waals surface area contributed by atoms with Crippen molar-refractivity contribution in [2.45, 2.75) is 18.9 Å². The first-order valence-electron chi connectivity index (χ1n) is 9.40. The van der Waals surface area contributed by atoms with Crippen LogP contribution in [-0.2, 0) is 0 Å². The first-order chi connectivity index (χ1) is 14.1. The van der Waals surface area contributed by atoms with Crippen molar-refractivity contribution in [3.8, 4) is 0 Å². The minimum atomic E-state index is -0.475. The number of likely N-dealkylation sites (tertiary alicyclic amines) is 1. The van der Waals surface area contributed by atoms with E-state index in [4.69, 9.17) is 0 Å². The second-order valence-corrected chi connectivity index (χ2v) is 6.86. The van der Waals surface area contributed by atoms with Gasteiger partial charge in [0.15, 0.2) is 0 Å². The summed E-state index contributed by atoms with van der Waals surface area (Å²) >= 11 is 0. The molecule has 3 heterocycles. The highest BCUT2D eigenvalue weighted by Crippen LogP contribution is 2.26. The number of benzene rings is 1. The van der Waals surface area contributed by atoms with Crippen LogP contribution in [0, 0.1) is 5.82 Å². The van der Waals surface area contributed by atoms with Gasteiger partial charge in [0.25, 0.3) is 5.91 Å². The number of carbonyl (C=O) groups is 2. The van der Waals surface area contributed by atoms with Crippen molar-refractivity contribution >= 4 is 23.4 Å². The van der Waals surface area contributed by atoms with E-state index >= 15 is 0 Å². The fourth-order valence-corrected chi connectivity index (χ4v) is 3.50. The third-order valence-corrected chi connectivity index (χ3v) is 4.92. The number of hydrogen-bond donors (Lipinski definition) is 3. The lowest BCUT2D eigenvalue weighted by Gasteiger charge is -2.32. The number of halogens is 1. The summed E-state index contributed by atoms with van der Waals surface area (Å²) in [6, 6.07) is 10.6. The molecule has 3 aromatic rings. The van der Waals surface area contributed by atoms with Crippen LogP contribution in [0.25, 0.3) is 0 Å². The van der Waals surface area contributed by atoms with E-state index in [1.54, 1.807) is 41.3 Å². The number of anilines is 2. The number of hydrogen-bond acceptors (Lipinski definition) is 3. The van der Waals surface area contributed by atoms with Crippen LogP contribution in [0.3, 0.4) is 0 Å². The van der Waals surface area contributed by atoms with Gasteiger partial charge in [-0.25, -0.2) is 13.9 Å². The molecule has 1 saturated heterocycles. The average Bonchev–Trinajstić information content (AvgIpc) is 3.40. The molecular weight excluding hydrogens is 375 g/mol. The summed E-state index contributed by atoms with van der Waals surface area (Å²) in [5.74, 6) is 0.114. The molecular formula is C20H21FN6O2. The number of rotatable bonds is 4. The molecule has 4 rings (SSSR count). The van der Waals surface area contributed by atoms with Gasteiger partial charge >= 0.3 is 6.03 Å². The van der Waals surface area contributed by atoms with E-state index in [-0.39, 0.29) is 11.9 Å². The smallest absolute Gasteiger partial charge is 0.324 e. The lowest BCUT2D eigenvalue weighted by Crippen LogP contribution is -2.39. The number of aromatic amines is 1. The molecule has 1 aliphatic rings. The van der Waals surface area contributed by atoms with E-state index in [0.717, 1.165) is 12.8 Å². The SMILES string of the molecule is O=C(Nc1cccc(F)c1)Nc1ccnn1C1CCN(C(=O)c2ccc[nH]2)CC1. The van der Waals surface area contributed by atoms with Crippen LogP contribution in [0.5, 0.6) is 0 Å². The molecule has 0 aliphatic carbocycles. The zero-order chi connectivity index (χ0) is 20.2. The Morgan fingerprint density at radius 1 is 1.10 bits per heavy atom. The van der Waals surface area contributed by atoms with Crippen molar-refractivity contribution < 1.29 is 14.0 Å². The number of urea groups is 1. The van der Waals surface area contributed by atoms with Crippen molar-refractivity contribution in [3.05, 3.63) is 66.4 Å². The van der Waals surface area contributed by atoms with E-state index in [2.05, 4.69) is 20.7 Å². The van der Waals surface area contributed by atoms with Crippen molar-refractivity contribution in [3.63, 3.8) is 0 Å². The van der Waals surface area contributed by atoms with E-state index in [0.29, 0.717) is 30.3 Å². The van der Waals surface area contributed by atoms with Gasteiger partial charge in [-0.05, 0) is 43.2 Å². The molecule has 0 bridgehead atoms. The van der Waals surface area contributed by atoms with E-state index < -0.39 is 11.8 Å². The topological polar surface area (TPSA) is 95.1 Å². The summed E-state index contributed by atoms with van der Waals surface area (Å²) in [7, 11) is 0. The summed E-state index contributed by atoms with van der Waals surface area (Å²) in [4.78, 5) is 29.5. The first-order valence-corrected chi connectivity index (χ1v) is 9.40. The molecule has 2 aromatic heterocycles. The largest absolute Gasteiger partial charge is 0.357 e. The number of amides is 3. The number of H-pyrrole nitrogens is 1. The van der Waals surface area contributed by atoms with Gasteiger partial charge in [-0.1, -0.05) is 6.07 Å². The maximum Gasteiger partial charge on any atom is 0.324 e. The minimum Gasteiger partial charge on any atom is -0.357 e. The highest BCUT2D eigenvalue weighted by Gasteiger charge is 2.26. The Kier molecular flexibility index (Phi) is 5.28. The van der Waals surface area contributed by atoms with Gasteiger partial charge in [0.05, 0.1) is 12.2 Å². The predicted molar refractivity (Wildman–Crippen MR) is 106 cm³/mol. The van der Waals surface area contributed by atoms with Crippen molar-refractivity contribution in [2.75, 3.05) is 23.7 Å². The van der Waals surface area contributed by atoms with Crippen molar-refractivity contribution in [1.29, 1.82) is 0 Å². The van der Waals surface area contributed by atoms with Crippen molar-refractivity contribution in [1.82, 2.24) is 19.7 Å². The second kappa shape index (κ2) is 8.17. The Labute approximate surface area is 166 Å². The Bertz CT molecular complexity index is 992. The zero-order valence-electron chi connectivity index (χ0n) is 15.6. The predicted octanol–water partition coefficient (Wildman–Crippen LogP) is 3.47. The Morgan fingerprint density at radius 2 is 1.93 bits per heavy atom. The van der Waals surface area contributed by atoms with Gasteiger partial charge < -0.3 is 15.2 Å². The first kappa shape index (κ1) is 18.7. The van der Waals surface area contributed by atoms with Gasteiger partial charge in [0.2, 0.25) is 0 Å². The van der Waals surface area contributed by atoms with E-state index in [1.165, 1.54) is 18.2 Å². The Morgan fingerprint density at radius 3 is 2.66 bits per heavy atom. The summed E-state index contributed by atoms with van der Waals surface area (Å²) in [6.07, 6.45) is 4.81. The van der Waals surface area contributed by atoms with Crippen LogP contribution in [-0.4, -0.2) is 44.7 Å². The van der Waals surface area contributed by atoms with Crippen LogP contribution in [0.1, 0.15) is 29.4 Å². The van der Waals surface area contributed by atoms with Gasteiger partial charge in [-0.3, -0.25) is 10.1 Å². The summed E-state index contributed by atoms with van der Waals surface area (Å²) in [6.45, 7) is 1.22. The molecule has 0 spiro atoms. The molecule has 0 saturated carbocycles. The summed E-state index contributed by atoms with van der Waals surface area (Å²) in [5, 5.41) is 9.69. The monoisotopic (exact) mass is 396 g/mol. The van der Waals surface area contributed by atoms with Crippen LogP contribution in [0.15, 0.2) is 54.9 Å². The minimum absolute atomic E-state index is 0.0123. The molecule has 8 nitrogen and oxygen atoms in total. The maximum absolute atomic E-state index is 13.3. The fraction of sp³-hybridized carbons (Fsp3) is 0.250. The third kappa shape index (κ3) is 4.29. The number of nitrogens with zero attached hydrogens (tertiary/aromatic N) is 3. The summed E-state index contributed by atoms with van der Waals surface area (Å²) < 4.78 is 15.0. The molecule has 1 aliphatic heterocycles. The quantitative estimate of drug-likeness (QED) is 0.630. The molecule has 29 heavy (non-hydrogen) atoms. The normalized spacial score (nSPS) is 14.6. The lowest BCUT2D eigenvalue weighted by molar-refractivity contribution is 0.0685. The van der Waals surface area contributed by atoms with Gasteiger partial charge in [-0.15, -0.1) is 0 Å². The number of piperidine rings is 1. The molecule has 1 aromatic carbocycles. The number of nitrogens with one attached hydrogen (secondary N) is 3. The van der Waals surface area contributed by atoms with Crippen LogP contribution >= 0.6 is 0 Å². The van der Waals surface area contributed by atoms with Gasteiger partial charge in [0, 0.05) is 31.0 Å². The second-order valence-electron chi connectivity index (χ2n) is 6.86. The van der Waals surface area contributed by atoms with E-state index in [9.17, 15) is 14.0 Å². The fourth-order valence-electron chi connectivity index (χ4n) is 3.50.